The number of benzene rings is 3. The molecule has 0 unspecified atom stereocenters. The number of fused-ring (bicyclic) bond motifs is 1. The molecule has 1 saturated heterocycles. The van der Waals surface area contributed by atoms with Gasteiger partial charge in [0.15, 0.2) is 0 Å². The zero-order valence-electron chi connectivity index (χ0n) is 22.6. The fraction of sp³-hybridized carbons (Fsp3) is 0.333. The van der Waals surface area contributed by atoms with Crippen molar-refractivity contribution >= 4 is 17.4 Å². The van der Waals surface area contributed by atoms with Crippen LogP contribution in [0.15, 0.2) is 78.4 Å². The van der Waals surface area contributed by atoms with Gasteiger partial charge in [0.25, 0.3) is 11.7 Å². The predicted octanol–water partition coefficient (Wildman–Crippen LogP) is 6.24. The Morgan fingerprint density at radius 2 is 1.85 bits per heavy atom. The first-order valence-corrected chi connectivity index (χ1v) is 13.8. The summed E-state index contributed by atoms with van der Waals surface area (Å²) >= 11 is 0. The van der Waals surface area contributed by atoms with Crippen molar-refractivity contribution in [3.05, 3.63) is 101 Å². The summed E-state index contributed by atoms with van der Waals surface area (Å²) in [5, 5.41) is 11.5. The molecule has 2 aliphatic rings. The van der Waals surface area contributed by atoms with Crippen LogP contribution in [0.4, 0.5) is 0 Å². The minimum Gasteiger partial charge on any atom is -0.507 e. The maximum Gasteiger partial charge on any atom is 0.295 e. The summed E-state index contributed by atoms with van der Waals surface area (Å²) in [6, 6.07) is 22.1. The van der Waals surface area contributed by atoms with Crippen LogP contribution in [0.1, 0.15) is 61.4 Å². The van der Waals surface area contributed by atoms with E-state index in [0.717, 1.165) is 48.1 Å². The molecule has 0 radical (unpaired) electrons. The Labute approximate surface area is 229 Å². The zero-order valence-corrected chi connectivity index (χ0v) is 22.6. The lowest BCUT2D eigenvalue weighted by atomic mass is 9.94. The van der Waals surface area contributed by atoms with Gasteiger partial charge in [-0.15, -0.1) is 0 Å². The summed E-state index contributed by atoms with van der Waals surface area (Å²) in [6.45, 7) is 5.08. The second-order valence-corrected chi connectivity index (χ2v) is 10.3. The summed E-state index contributed by atoms with van der Waals surface area (Å²) in [7, 11) is 0. The molecule has 3 aromatic carbocycles. The molecule has 0 bridgehead atoms. The maximum atomic E-state index is 13.5. The number of amides is 1. The first-order valence-electron chi connectivity index (χ1n) is 13.8. The second kappa shape index (κ2) is 11.8. The molecule has 1 fully saturated rings. The van der Waals surface area contributed by atoms with Gasteiger partial charge in [0.05, 0.1) is 18.2 Å². The SMILES string of the molecule is CCCCCOc1cccc([C@@H]2/C(=C(\O)c3ccc4c(c3)C[C@H](C)O4)C(=O)C(=O)N2CCc2ccccc2)c1. The van der Waals surface area contributed by atoms with E-state index >= 15 is 0 Å². The van der Waals surface area contributed by atoms with Crippen molar-refractivity contribution in [2.45, 2.75) is 58.1 Å². The number of ketones is 1. The van der Waals surface area contributed by atoms with E-state index < -0.39 is 17.7 Å². The summed E-state index contributed by atoms with van der Waals surface area (Å²) in [4.78, 5) is 28.4. The molecular formula is C33H35NO5. The van der Waals surface area contributed by atoms with E-state index in [1.807, 2.05) is 73.7 Å². The largest absolute Gasteiger partial charge is 0.507 e. The fourth-order valence-corrected chi connectivity index (χ4v) is 5.39. The third-order valence-electron chi connectivity index (χ3n) is 7.38. The highest BCUT2D eigenvalue weighted by molar-refractivity contribution is 6.46. The van der Waals surface area contributed by atoms with Crippen LogP contribution in [0, 0.1) is 0 Å². The number of nitrogens with zero attached hydrogens (tertiary/aromatic N) is 1. The fourth-order valence-electron chi connectivity index (χ4n) is 5.39. The minimum absolute atomic E-state index is 0.0565. The minimum atomic E-state index is -0.726. The van der Waals surface area contributed by atoms with Gasteiger partial charge in [-0.25, -0.2) is 0 Å². The quantitative estimate of drug-likeness (QED) is 0.147. The standard InChI is InChI=1S/C33H35NO5/c1-3-4-8-18-38-27-13-9-12-24(21-27)30-29(31(35)25-14-15-28-26(20-25)19-22(2)39-28)32(36)33(37)34(30)17-16-23-10-6-5-7-11-23/h5-7,9-15,20-22,30,35H,3-4,8,16-19H2,1-2H3/b31-29+/t22-,30+/m0/s1. The van der Waals surface area contributed by atoms with Crippen molar-refractivity contribution in [3.8, 4) is 11.5 Å². The highest BCUT2D eigenvalue weighted by Crippen LogP contribution is 2.41. The topological polar surface area (TPSA) is 76.1 Å². The number of Topliss-reactive ketones (excluding diaryl/α,β-unsaturated/α-hetero) is 1. The van der Waals surface area contributed by atoms with Gasteiger partial charge in [0.2, 0.25) is 0 Å². The Morgan fingerprint density at radius 1 is 1.03 bits per heavy atom. The normalized spacial score (nSPS) is 19.7. The van der Waals surface area contributed by atoms with Crippen LogP contribution in [0.25, 0.3) is 5.76 Å². The van der Waals surface area contributed by atoms with Gasteiger partial charge in [-0.3, -0.25) is 9.59 Å². The summed E-state index contributed by atoms with van der Waals surface area (Å²) < 4.78 is 11.8. The van der Waals surface area contributed by atoms with E-state index in [4.69, 9.17) is 9.47 Å². The molecule has 0 spiro atoms. The number of ether oxygens (including phenoxy) is 2. The highest BCUT2D eigenvalue weighted by atomic mass is 16.5. The van der Waals surface area contributed by atoms with Gasteiger partial charge >= 0.3 is 0 Å². The molecule has 2 atom stereocenters. The van der Waals surface area contributed by atoms with Crippen molar-refractivity contribution in [2.75, 3.05) is 13.2 Å². The van der Waals surface area contributed by atoms with Gasteiger partial charge in [-0.05, 0) is 66.8 Å². The van der Waals surface area contributed by atoms with Crippen molar-refractivity contribution in [3.63, 3.8) is 0 Å². The van der Waals surface area contributed by atoms with Crippen LogP contribution >= 0.6 is 0 Å². The van der Waals surface area contributed by atoms with Crippen LogP contribution < -0.4 is 9.47 Å². The van der Waals surface area contributed by atoms with Gasteiger partial charge < -0.3 is 19.5 Å². The lowest BCUT2D eigenvalue weighted by Crippen LogP contribution is -2.31. The summed E-state index contributed by atoms with van der Waals surface area (Å²) in [5.74, 6) is 0.0137. The number of carbonyl (C=O) groups is 2. The Hall–Kier alpha value is -4.06. The number of hydrogen-bond acceptors (Lipinski definition) is 5. The molecule has 1 N–H and O–H groups in total. The molecule has 5 rings (SSSR count). The van der Waals surface area contributed by atoms with Crippen molar-refractivity contribution in [1.29, 1.82) is 0 Å². The van der Waals surface area contributed by atoms with Crippen LogP contribution in [0.2, 0.25) is 0 Å². The van der Waals surface area contributed by atoms with E-state index in [0.29, 0.717) is 30.9 Å². The van der Waals surface area contributed by atoms with Crippen molar-refractivity contribution < 1.29 is 24.2 Å². The second-order valence-electron chi connectivity index (χ2n) is 10.3. The molecule has 0 saturated carbocycles. The number of rotatable bonds is 10. The Bertz CT molecular complexity index is 1380. The Kier molecular flexibility index (Phi) is 8.01. The third kappa shape index (κ3) is 5.70. The number of aliphatic hydroxyl groups is 1. The van der Waals surface area contributed by atoms with Gasteiger partial charge in [0.1, 0.15) is 23.4 Å². The number of carbonyl (C=O) groups excluding carboxylic acids is 2. The van der Waals surface area contributed by atoms with Gasteiger partial charge in [-0.2, -0.15) is 0 Å². The van der Waals surface area contributed by atoms with Gasteiger partial charge in [0, 0.05) is 18.5 Å². The smallest absolute Gasteiger partial charge is 0.295 e. The average Bonchev–Trinajstić information content (AvgIpc) is 3.45. The summed E-state index contributed by atoms with van der Waals surface area (Å²) in [6.07, 6.45) is 4.52. The van der Waals surface area contributed by atoms with E-state index in [-0.39, 0.29) is 17.4 Å². The third-order valence-corrected chi connectivity index (χ3v) is 7.38. The number of likely N-dealkylation sites (tertiary alicyclic amines) is 1. The monoisotopic (exact) mass is 525 g/mol. The molecule has 39 heavy (non-hydrogen) atoms. The van der Waals surface area contributed by atoms with Crippen LogP contribution in [0.3, 0.4) is 0 Å². The molecule has 202 valence electrons. The molecule has 1 amide bonds. The molecule has 6 nitrogen and oxygen atoms in total. The van der Waals surface area contributed by atoms with Crippen LogP contribution in [0.5, 0.6) is 11.5 Å². The predicted molar refractivity (Wildman–Crippen MR) is 151 cm³/mol. The molecular weight excluding hydrogens is 490 g/mol. The molecule has 3 aromatic rings. The maximum absolute atomic E-state index is 13.5. The van der Waals surface area contributed by atoms with E-state index in [2.05, 4.69) is 6.92 Å². The van der Waals surface area contributed by atoms with E-state index in [1.54, 1.807) is 11.0 Å². The van der Waals surface area contributed by atoms with Crippen LogP contribution in [-0.4, -0.2) is 41.0 Å². The van der Waals surface area contributed by atoms with Crippen molar-refractivity contribution in [1.82, 2.24) is 4.90 Å². The number of hydrogen-bond donors (Lipinski definition) is 1. The Morgan fingerprint density at radius 3 is 2.64 bits per heavy atom. The zero-order chi connectivity index (χ0) is 27.4. The molecule has 6 heteroatoms. The van der Waals surface area contributed by atoms with Crippen molar-refractivity contribution in [2.24, 2.45) is 0 Å². The summed E-state index contributed by atoms with van der Waals surface area (Å²) in [5.41, 5.74) is 3.38. The number of unbranched alkanes of at least 4 members (excludes halogenated alkanes) is 2. The molecule has 0 aromatic heterocycles. The first-order chi connectivity index (χ1) is 19.0. The first kappa shape index (κ1) is 26.5. The molecule has 2 aliphatic heterocycles. The van der Waals surface area contributed by atoms with E-state index in [1.165, 1.54) is 0 Å². The Balaban J connectivity index is 1.52. The van der Waals surface area contributed by atoms with Crippen LogP contribution in [-0.2, 0) is 22.4 Å². The molecule has 0 aliphatic carbocycles. The van der Waals surface area contributed by atoms with Gasteiger partial charge in [-0.1, -0.05) is 62.2 Å². The number of aliphatic hydroxyl groups excluding tert-OH is 1. The average molecular weight is 526 g/mol. The van der Waals surface area contributed by atoms with E-state index in [9.17, 15) is 14.7 Å². The highest BCUT2D eigenvalue weighted by Gasteiger charge is 2.46. The lowest BCUT2D eigenvalue weighted by Gasteiger charge is -2.26. The molecule has 2 heterocycles. The lowest BCUT2D eigenvalue weighted by molar-refractivity contribution is -0.139.